The lowest BCUT2D eigenvalue weighted by molar-refractivity contribution is -0.170. The summed E-state index contributed by atoms with van der Waals surface area (Å²) in [4.78, 5) is 23.8. The second-order valence-corrected chi connectivity index (χ2v) is 5.37. The molecule has 0 unspecified atom stereocenters. The highest BCUT2D eigenvalue weighted by Gasteiger charge is 2.39. The van der Waals surface area contributed by atoms with E-state index in [1.165, 1.54) is 0 Å². The number of carbonyl (C=O) groups excluding carboxylic acids is 2. The Balaban J connectivity index is 1.88. The van der Waals surface area contributed by atoms with E-state index in [2.05, 4.69) is 4.74 Å². The van der Waals surface area contributed by atoms with Crippen molar-refractivity contribution >= 4 is 23.1 Å². The molecule has 1 saturated heterocycles. The van der Waals surface area contributed by atoms with E-state index in [-0.39, 0.29) is 13.0 Å². The topological polar surface area (TPSA) is 61.8 Å². The van der Waals surface area contributed by atoms with Gasteiger partial charge in [0, 0.05) is 12.8 Å². The van der Waals surface area contributed by atoms with Crippen LogP contribution >= 0.6 is 11.3 Å². The standard InChI is InChI=1S/C14H18O5S/c1-2-17-13(16)11(15)5-3-7-14(18-8-9-19-14)12-6-4-10-20-12/h4,6,10H,2-3,5,7-9H2,1H3. The molecule has 0 N–H and O–H groups in total. The van der Waals surface area contributed by atoms with Crippen molar-refractivity contribution in [3.05, 3.63) is 22.4 Å². The van der Waals surface area contributed by atoms with Crippen molar-refractivity contribution in [2.24, 2.45) is 0 Å². The second-order valence-electron chi connectivity index (χ2n) is 4.42. The maximum Gasteiger partial charge on any atom is 0.374 e. The van der Waals surface area contributed by atoms with E-state index < -0.39 is 17.5 Å². The number of hydrogen-bond donors (Lipinski definition) is 0. The van der Waals surface area contributed by atoms with Crippen LogP contribution in [0, 0.1) is 0 Å². The van der Waals surface area contributed by atoms with Crippen LogP contribution in [0.2, 0.25) is 0 Å². The van der Waals surface area contributed by atoms with Crippen LogP contribution in [0.15, 0.2) is 17.5 Å². The van der Waals surface area contributed by atoms with Crippen LogP contribution in [0.3, 0.4) is 0 Å². The van der Waals surface area contributed by atoms with Gasteiger partial charge in [0.1, 0.15) is 0 Å². The Morgan fingerprint density at radius 2 is 2.15 bits per heavy atom. The van der Waals surface area contributed by atoms with Gasteiger partial charge in [-0.2, -0.15) is 0 Å². The van der Waals surface area contributed by atoms with Gasteiger partial charge in [0.2, 0.25) is 11.6 Å². The minimum Gasteiger partial charge on any atom is -0.460 e. The van der Waals surface area contributed by atoms with Gasteiger partial charge in [0.25, 0.3) is 0 Å². The van der Waals surface area contributed by atoms with Crippen molar-refractivity contribution in [2.75, 3.05) is 19.8 Å². The molecule has 0 aromatic carbocycles. The summed E-state index contributed by atoms with van der Waals surface area (Å²) in [6.07, 6.45) is 1.23. The molecule has 1 aliphatic heterocycles. The van der Waals surface area contributed by atoms with E-state index in [0.717, 1.165) is 4.88 Å². The first kappa shape index (κ1) is 15.2. The van der Waals surface area contributed by atoms with Crippen LogP contribution in [0.25, 0.3) is 0 Å². The molecule has 5 nitrogen and oxygen atoms in total. The maximum absolute atomic E-state index is 11.5. The van der Waals surface area contributed by atoms with Crippen LogP contribution in [-0.2, 0) is 29.6 Å². The summed E-state index contributed by atoms with van der Waals surface area (Å²) in [5.74, 6) is -2.00. The van der Waals surface area contributed by atoms with Crippen LogP contribution < -0.4 is 0 Å². The molecule has 20 heavy (non-hydrogen) atoms. The highest BCUT2D eigenvalue weighted by Crippen LogP contribution is 2.38. The first-order valence-corrected chi connectivity index (χ1v) is 7.58. The molecule has 0 aliphatic carbocycles. The van der Waals surface area contributed by atoms with E-state index >= 15 is 0 Å². The summed E-state index contributed by atoms with van der Waals surface area (Å²) >= 11 is 1.57. The zero-order chi connectivity index (χ0) is 14.4. The Kier molecular flexibility index (Phi) is 5.28. The SMILES string of the molecule is CCOC(=O)C(=O)CCCC1(c2cccs2)OCCO1. The summed E-state index contributed by atoms with van der Waals surface area (Å²) < 4.78 is 16.1. The number of ketones is 1. The third-order valence-corrected chi connectivity index (χ3v) is 4.06. The number of hydrogen-bond acceptors (Lipinski definition) is 6. The average molecular weight is 298 g/mol. The third kappa shape index (κ3) is 3.45. The molecular weight excluding hydrogens is 280 g/mol. The Morgan fingerprint density at radius 1 is 1.40 bits per heavy atom. The number of rotatable bonds is 7. The van der Waals surface area contributed by atoms with Gasteiger partial charge in [-0.1, -0.05) is 6.07 Å². The molecule has 0 radical (unpaired) electrons. The normalized spacial score (nSPS) is 17.1. The Bertz CT molecular complexity index is 448. The van der Waals surface area contributed by atoms with Crippen molar-refractivity contribution in [3.63, 3.8) is 0 Å². The molecule has 1 aromatic heterocycles. The summed E-state index contributed by atoms with van der Waals surface area (Å²) in [7, 11) is 0. The summed E-state index contributed by atoms with van der Waals surface area (Å²) in [6.45, 7) is 2.99. The van der Waals surface area contributed by atoms with Crippen LogP contribution in [0.4, 0.5) is 0 Å². The van der Waals surface area contributed by atoms with E-state index in [0.29, 0.717) is 26.1 Å². The zero-order valence-electron chi connectivity index (χ0n) is 11.4. The van der Waals surface area contributed by atoms with Crippen molar-refractivity contribution in [2.45, 2.75) is 32.0 Å². The van der Waals surface area contributed by atoms with Crippen LogP contribution in [0.5, 0.6) is 0 Å². The van der Waals surface area contributed by atoms with Crippen LogP contribution in [0.1, 0.15) is 31.1 Å². The smallest absolute Gasteiger partial charge is 0.374 e. The summed E-state index contributed by atoms with van der Waals surface area (Å²) in [5.41, 5.74) is 0. The van der Waals surface area contributed by atoms with E-state index in [1.807, 2.05) is 17.5 Å². The Labute approximate surface area is 121 Å². The van der Waals surface area contributed by atoms with Crippen molar-refractivity contribution < 1.29 is 23.8 Å². The fourth-order valence-electron chi connectivity index (χ4n) is 2.16. The molecule has 110 valence electrons. The highest BCUT2D eigenvalue weighted by molar-refractivity contribution is 7.10. The minimum absolute atomic E-state index is 0.151. The molecule has 6 heteroatoms. The van der Waals surface area contributed by atoms with Gasteiger partial charge in [-0.05, 0) is 24.8 Å². The predicted molar refractivity (Wildman–Crippen MR) is 73.4 cm³/mol. The van der Waals surface area contributed by atoms with Crippen molar-refractivity contribution in [3.8, 4) is 0 Å². The second kappa shape index (κ2) is 6.97. The van der Waals surface area contributed by atoms with Gasteiger partial charge in [0.05, 0.1) is 24.7 Å². The molecule has 0 atom stereocenters. The number of esters is 1. The van der Waals surface area contributed by atoms with E-state index in [4.69, 9.17) is 9.47 Å². The number of Topliss-reactive ketones (excluding diaryl/α,β-unsaturated/α-hetero) is 1. The van der Waals surface area contributed by atoms with E-state index in [1.54, 1.807) is 18.3 Å². The lowest BCUT2D eigenvalue weighted by atomic mass is 10.1. The van der Waals surface area contributed by atoms with Gasteiger partial charge in [-0.15, -0.1) is 11.3 Å². The number of carbonyl (C=O) groups is 2. The fraction of sp³-hybridized carbons (Fsp3) is 0.571. The lowest BCUT2D eigenvalue weighted by Gasteiger charge is -2.26. The Morgan fingerprint density at radius 3 is 2.75 bits per heavy atom. The molecule has 0 bridgehead atoms. The third-order valence-electron chi connectivity index (χ3n) is 3.06. The van der Waals surface area contributed by atoms with E-state index in [9.17, 15) is 9.59 Å². The van der Waals surface area contributed by atoms with Crippen molar-refractivity contribution in [1.82, 2.24) is 0 Å². The van der Waals surface area contributed by atoms with Gasteiger partial charge < -0.3 is 14.2 Å². The molecule has 1 fully saturated rings. The maximum atomic E-state index is 11.5. The molecule has 0 saturated carbocycles. The molecule has 0 amide bonds. The zero-order valence-corrected chi connectivity index (χ0v) is 12.2. The molecule has 0 spiro atoms. The fourth-order valence-corrected chi connectivity index (χ4v) is 3.02. The molecule has 2 rings (SSSR count). The van der Waals surface area contributed by atoms with Gasteiger partial charge in [0.15, 0.2) is 0 Å². The molecule has 1 aliphatic rings. The number of thiophene rings is 1. The lowest BCUT2D eigenvalue weighted by Crippen LogP contribution is -2.26. The van der Waals surface area contributed by atoms with Gasteiger partial charge in [-0.3, -0.25) is 4.79 Å². The summed E-state index contributed by atoms with van der Waals surface area (Å²) in [6, 6.07) is 3.90. The van der Waals surface area contributed by atoms with Crippen LogP contribution in [-0.4, -0.2) is 31.6 Å². The van der Waals surface area contributed by atoms with Gasteiger partial charge >= 0.3 is 5.97 Å². The molecule has 2 heterocycles. The first-order chi connectivity index (χ1) is 9.68. The van der Waals surface area contributed by atoms with Crippen molar-refractivity contribution in [1.29, 1.82) is 0 Å². The Hall–Kier alpha value is -1.24. The van der Waals surface area contributed by atoms with Gasteiger partial charge in [-0.25, -0.2) is 4.79 Å². The highest BCUT2D eigenvalue weighted by atomic mass is 32.1. The number of ether oxygens (including phenoxy) is 3. The molecule has 1 aromatic rings. The first-order valence-electron chi connectivity index (χ1n) is 6.70. The summed E-state index contributed by atoms with van der Waals surface area (Å²) in [5, 5.41) is 1.96. The minimum atomic E-state index is -0.758. The quantitative estimate of drug-likeness (QED) is 0.571. The average Bonchev–Trinajstić information content (AvgIpc) is 3.10. The largest absolute Gasteiger partial charge is 0.460 e. The predicted octanol–water partition coefficient (Wildman–Crippen LogP) is 2.25. The monoisotopic (exact) mass is 298 g/mol. The molecular formula is C14H18O5S.